The predicted octanol–water partition coefficient (Wildman–Crippen LogP) is 0.498. The summed E-state index contributed by atoms with van der Waals surface area (Å²) < 4.78 is 10.4. The number of carbonyl (C=O) groups excluding carboxylic acids is 1. The van der Waals surface area contributed by atoms with Crippen LogP contribution in [0.3, 0.4) is 0 Å². The molecule has 2 aliphatic heterocycles. The van der Waals surface area contributed by atoms with Crippen LogP contribution in [-0.4, -0.2) is 36.5 Å². The average Bonchev–Trinajstić information content (AvgIpc) is 2.96. The van der Waals surface area contributed by atoms with Crippen molar-refractivity contribution < 1.29 is 19.4 Å². The number of rotatable bonds is 2. The van der Waals surface area contributed by atoms with Crippen LogP contribution in [0.15, 0.2) is 18.2 Å². The molecule has 2 atom stereocenters. The molecule has 6 nitrogen and oxygen atoms in total. The molecule has 1 aromatic carbocycles. The molecule has 1 saturated heterocycles. The third kappa shape index (κ3) is 2.91. The summed E-state index contributed by atoms with van der Waals surface area (Å²) in [7, 11) is 0. The zero-order chi connectivity index (χ0) is 12.5. The van der Waals surface area contributed by atoms with Crippen molar-refractivity contribution in [3.63, 3.8) is 0 Å². The number of nitrogens with one attached hydrogen (secondary N) is 2. The van der Waals surface area contributed by atoms with E-state index in [4.69, 9.17) is 9.47 Å². The molecule has 1 fully saturated rings. The van der Waals surface area contributed by atoms with Crippen molar-refractivity contribution in [2.45, 2.75) is 18.6 Å². The number of hydrogen-bond acceptors (Lipinski definition) is 5. The number of β-amino-alcohol motifs (C(OH)–C–C–N with tert-alkyl or cyclic N) is 1. The van der Waals surface area contributed by atoms with Crippen molar-refractivity contribution in [2.75, 3.05) is 18.7 Å². The minimum atomic E-state index is -0.447. The Morgan fingerprint density at radius 3 is 2.89 bits per heavy atom. The fourth-order valence-corrected chi connectivity index (χ4v) is 2.12. The van der Waals surface area contributed by atoms with Crippen LogP contribution in [0.1, 0.15) is 6.42 Å². The van der Waals surface area contributed by atoms with Gasteiger partial charge in [-0.05, 0) is 18.6 Å². The maximum Gasteiger partial charge on any atom is 0.241 e. The van der Waals surface area contributed by atoms with Gasteiger partial charge in [0.05, 0.1) is 12.1 Å². The molecular formula is C12H15ClN2O4. The largest absolute Gasteiger partial charge is 0.454 e. The summed E-state index contributed by atoms with van der Waals surface area (Å²) in [5.74, 6) is 1.17. The molecule has 2 aliphatic rings. The lowest BCUT2D eigenvalue weighted by Gasteiger charge is -2.11. The standard InChI is InChI=1S/C12H14N2O4.ClH/c15-8-4-9(13-5-8)12(16)14-7-1-2-10-11(3-7)18-6-17-10;/h1-3,8-9,13,15H,4-6H2,(H,14,16);1H. The number of amides is 1. The minimum Gasteiger partial charge on any atom is -0.454 e. The fraction of sp³-hybridized carbons (Fsp3) is 0.417. The highest BCUT2D eigenvalue weighted by Crippen LogP contribution is 2.34. The molecule has 104 valence electrons. The number of carbonyl (C=O) groups is 1. The lowest BCUT2D eigenvalue weighted by Crippen LogP contribution is -2.35. The lowest BCUT2D eigenvalue weighted by molar-refractivity contribution is -0.117. The predicted molar refractivity (Wildman–Crippen MR) is 70.9 cm³/mol. The first-order chi connectivity index (χ1) is 8.72. The first-order valence-corrected chi connectivity index (χ1v) is 5.84. The van der Waals surface area contributed by atoms with E-state index >= 15 is 0 Å². The van der Waals surface area contributed by atoms with E-state index < -0.39 is 6.10 Å². The van der Waals surface area contributed by atoms with Gasteiger partial charge < -0.3 is 25.2 Å². The van der Waals surface area contributed by atoms with Crippen molar-refractivity contribution >= 4 is 24.0 Å². The van der Waals surface area contributed by atoms with Crippen LogP contribution in [0, 0.1) is 0 Å². The Bertz CT molecular complexity index is 483. The van der Waals surface area contributed by atoms with Crippen LogP contribution in [0.2, 0.25) is 0 Å². The van der Waals surface area contributed by atoms with Gasteiger partial charge in [-0.3, -0.25) is 4.79 Å². The van der Waals surface area contributed by atoms with Gasteiger partial charge in [-0.1, -0.05) is 0 Å². The zero-order valence-corrected chi connectivity index (χ0v) is 10.9. The second kappa shape index (κ2) is 5.64. The average molecular weight is 287 g/mol. The van der Waals surface area contributed by atoms with E-state index in [1.165, 1.54) is 0 Å². The molecule has 0 radical (unpaired) electrons. The van der Waals surface area contributed by atoms with Gasteiger partial charge in [-0.15, -0.1) is 12.4 Å². The first kappa shape index (κ1) is 13.9. The summed E-state index contributed by atoms with van der Waals surface area (Å²) in [5.41, 5.74) is 0.660. The van der Waals surface area contributed by atoms with Crippen LogP contribution >= 0.6 is 12.4 Å². The zero-order valence-electron chi connectivity index (χ0n) is 10.1. The van der Waals surface area contributed by atoms with E-state index in [-0.39, 0.29) is 31.1 Å². The Morgan fingerprint density at radius 2 is 2.16 bits per heavy atom. The van der Waals surface area contributed by atoms with Crippen LogP contribution in [-0.2, 0) is 4.79 Å². The number of benzene rings is 1. The van der Waals surface area contributed by atoms with Crippen LogP contribution < -0.4 is 20.1 Å². The minimum absolute atomic E-state index is 0. The second-order valence-electron chi connectivity index (χ2n) is 4.41. The van der Waals surface area contributed by atoms with Gasteiger partial charge in [-0.25, -0.2) is 0 Å². The number of aliphatic hydroxyl groups is 1. The van der Waals surface area contributed by atoms with Crippen LogP contribution in [0.5, 0.6) is 11.5 Å². The molecule has 0 saturated carbocycles. The van der Waals surface area contributed by atoms with E-state index in [1.54, 1.807) is 18.2 Å². The Labute approximate surface area is 116 Å². The number of anilines is 1. The summed E-state index contributed by atoms with van der Waals surface area (Å²) in [4.78, 5) is 11.9. The number of hydrogen-bond donors (Lipinski definition) is 3. The van der Waals surface area contributed by atoms with E-state index in [2.05, 4.69) is 10.6 Å². The molecule has 19 heavy (non-hydrogen) atoms. The van der Waals surface area contributed by atoms with Crippen molar-refractivity contribution in [3.8, 4) is 11.5 Å². The highest BCUT2D eigenvalue weighted by molar-refractivity contribution is 5.95. The Kier molecular flexibility index (Phi) is 4.14. The van der Waals surface area contributed by atoms with E-state index in [0.717, 1.165) is 0 Å². The second-order valence-corrected chi connectivity index (χ2v) is 4.41. The lowest BCUT2D eigenvalue weighted by atomic mass is 10.2. The highest BCUT2D eigenvalue weighted by Gasteiger charge is 2.28. The topological polar surface area (TPSA) is 79.8 Å². The van der Waals surface area contributed by atoms with E-state index in [0.29, 0.717) is 30.2 Å². The van der Waals surface area contributed by atoms with Gasteiger partial charge in [0.1, 0.15) is 0 Å². The maximum absolute atomic E-state index is 11.9. The van der Waals surface area contributed by atoms with Crippen molar-refractivity contribution in [1.82, 2.24) is 5.32 Å². The monoisotopic (exact) mass is 286 g/mol. The molecule has 1 aromatic rings. The quantitative estimate of drug-likeness (QED) is 0.738. The molecule has 2 heterocycles. The van der Waals surface area contributed by atoms with E-state index in [1.807, 2.05) is 0 Å². The molecule has 0 bridgehead atoms. The summed E-state index contributed by atoms with van der Waals surface area (Å²) >= 11 is 0. The van der Waals surface area contributed by atoms with Gasteiger partial charge in [-0.2, -0.15) is 0 Å². The normalized spacial score (nSPS) is 23.8. The van der Waals surface area contributed by atoms with Crippen LogP contribution in [0.4, 0.5) is 5.69 Å². The number of fused-ring (bicyclic) bond motifs is 1. The Morgan fingerprint density at radius 1 is 1.37 bits per heavy atom. The van der Waals surface area contributed by atoms with Crippen molar-refractivity contribution in [3.05, 3.63) is 18.2 Å². The molecule has 0 spiro atoms. The number of ether oxygens (including phenoxy) is 2. The summed E-state index contributed by atoms with van der Waals surface area (Å²) in [6.07, 6.45) is -0.00590. The number of halogens is 1. The molecule has 0 aliphatic carbocycles. The molecule has 3 N–H and O–H groups in total. The molecule has 7 heteroatoms. The molecular weight excluding hydrogens is 272 g/mol. The number of aliphatic hydroxyl groups excluding tert-OH is 1. The summed E-state index contributed by atoms with van der Waals surface area (Å²) in [5, 5.41) is 15.1. The third-order valence-corrected chi connectivity index (χ3v) is 3.06. The fourth-order valence-electron chi connectivity index (χ4n) is 2.12. The maximum atomic E-state index is 11.9. The van der Waals surface area contributed by atoms with Gasteiger partial charge in [0, 0.05) is 18.3 Å². The Hall–Kier alpha value is -1.50. The Balaban J connectivity index is 0.00000133. The first-order valence-electron chi connectivity index (χ1n) is 5.84. The molecule has 0 aromatic heterocycles. The van der Waals surface area contributed by atoms with E-state index in [9.17, 15) is 9.90 Å². The van der Waals surface area contributed by atoms with Gasteiger partial charge >= 0.3 is 0 Å². The SMILES string of the molecule is Cl.O=C(Nc1ccc2c(c1)OCO2)C1CC(O)CN1. The molecule has 2 unspecified atom stereocenters. The van der Waals surface area contributed by atoms with Crippen molar-refractivity contribution in [2.24, 2.45) is 0 Å². The summed E-state index contributed by atoms with van der Waals surface area (Å²) in [6.45, 7) is 0.669. The molecule has 3 rings (SSSR count). The summed E-state index contributed by atoms with van der Waals surface area (Å²) in [6, 6.07) is 4.91. The highest BCUT2D eigenvalue weighted by atomic mass is 35.5. The third-order valence-electron chi connectivity index (χ3n) is 3.06. The van der Waals surface area contributed by atoms with Gasteiger partial charge in [0.2, 0.25) is 12.7 Å². The smallest absolute Gasteiger partial charge is 0.241 e. The van der Waals surface area contributed by atoms with Gasteiger partial charge in [0.25, 0.3) is 0 Å². The van der Waals surface area contributed by atoms with Crippen LogP contribution in [0.25, 0.3) is 0 Å². The van der Waals surface area contributed by atoms with Crippen molar-refractivity contribution in [1.29, 1.82) is 0 Å². The molecule has 1 amide bonds. The van der Waals surface area contributed by atoms with Gasteiger partial charge in [0.15, 0.2) is 11.5 Å².